The number of rotatable bonds is 9. The van der Waals surface area contributed by atoms with E-state index in [2.05, 4.69) is 0 Å². The molecule has 4 nitrogen and oxygen atoms in total. The summed E-state index contributed by atoms with van der Waals surface area (Å²) >= 11 is 0. The van der Waals surface area contributed by atoms with Crippen LogP contribution in [0, 0.1) is 11.8 Å². The van der Waals surface area contributed by atoms with Crippen molar-refractivity contribution in [2.45, 2.75) is 46.2 Å². The minimum atomic E-state index is -4.44. The Labute approximate surface area is 203 Å². The first-order chi connectivity index (χ1) is 16.4. The molecule has 7 heteroatoms. The maximum atomic E-state index is 13.0. The molecule has 0 saturated heterocycles. The van der Waals surface area contributed by atoms with E-state index >= 15 is 0 Å². The summed E-state index contributed by atoms with van der Waals surface area (Å²) in [6, 6.07) is 15.5. The molecular weight excluding hydrogens is 455 g/mol. The van der Waals surface area contributed by atoms with Crippen molar-refractivity contribution in [1.82, 2.24) is 4.98 Å². The van der Waals surface area contributed by atoms with Crippen molar-refractivity contribution in [2.24, 2.45) is 11.8 Å². The number of aromatic nitrogens is 1. The molecule has 0 saturated carbocycles. The van der Waals surface area contributed by atoms with Crippen LogP contribution < -0.4 is 4.74 Å². The fourth-order valence-electron chi connectivity index (χ4n) is 3.74. The van der Waals surface area contributed by atoms with Crippen LogP contribution in [0.3, 0.4) is 0 Å². The number of alkyl halides is 3. The highest BCUT2D eigenvalue weighted by Crippen LogP contribution is 2.34. The first-order valence-electron chi connectivity index (χ1n) is 11.6. The molecule has 3 rings (SSSR count). The van der Waals surface area contributed by atoms with Crippen LogP contribution in [0.4, 0.5) is 13.2 Å². The predicted molar refractivity (Wildman–Crippen MR) is 130 cm³/mol. The number of carboxylic acids is 1. The van der Waals surface area contributed by atoms with Gasteiger partial charge in [-0.1, -0.05) is 52.0 Å². The van der Waals surface area contributed by atoms with Crippen molar-refractivity contribution >= 4 is 5.97 Å². The number of ether oxygens (including phenoxy) is 1. The second kappa shape index (κ2) is 10.9. The third-order valence-corrected chi connectivity index (χ3v) is 5.48. The van der Waals surface area contributed by atoms with E-state index in [-0.39, 0.29) is 5.92 Å². The maximum absolute atomic E-state index is 13.0. The van der Waals surface area contributed by atoms with E-state index in [4.69, 9.17) is 9.72 Å². The van der Waals surface area contributed by atoms with Gasteiger partial charge in [-0.25, -0.2) is 4.98 Å². The SMILES string of the molecule is CC(C)COc1cccc(-c2cc(C(CC(C)C)C(=O)O)cc(-c3ccc(C(F)(F)F)cc3)n2)c1. The van der Waals surface area contributed by atoms with Crippen LogP contribution >= 0.6 is 0 Å². The highest BCUT2D eigenvalue weighted by molar-refractivity contribution is 5.78. The van der Waals surface area contributed by atoms with Gasteiger partial charge in [0.1, 0.15) is 5.75 Å². The second-order valence-corrected chi connectivity index (χ2v) is 9.50. The Morgan fingerprint density at radius 3 is 2.09 bits per heavy atom. The average Bonchev–Trinajstić information content (AvgIpc) is 2.80. The Morgan fingerprint density at radius 1 is 0.914 bits per heavy atom. The molecule has 0 spiro atoms. The number of halogens is 3. The number of pyridine rings is 1. The summed E-state index contributed by atoms with van der Waals surface area (Å²) in [5.74, 6) is -0.584. The van der Waals surface area contributed by atoms with Crippen molar-refractivity contribution in [3.8, 4) is 28.3 Å². The molecule has 0 aliphatic heterocycles. The van der Waals surface area contributed by atoms with Crippen LogP contribution in [0.2, 0.25) is 0 Å². The molecule has 186 valence electrons. The second-order valence-electron chi connectivity index (χ2n) is 9.50. The van der Waals surface area contributed by atoms with Crippen molar-refractivity contribution in [2.75, 3.05) is 6.61 Å². The van der Waals surface area contributed by atoms with Crippen molar-refractivity contribution in [1.29, 1.82) is 0 Å². The molecule has 1 atom stereocenters. The molecule has 0 aliphatic rings. The zero-order valence-corrected chi connectivity index (χ0v) is 20.3. The predicted octanol–water partition coefficient (Wildman–Crippen LogP) is 7.68. The number of hydrogen-bond donors (Lipinski definition) is 1. The van der Waals surface area contributed by atoms with Crippen molar-refractivity contribution in [3.63, 3.8) is 0 Å². The van der Waals surface area contributed by atoms with E-state index in [1.165, 1.54) is 12.1 Å². The molecule has 35 heavy (non-hydrogen) atoms. The van der Waals surface area contributed by atoms with Gasteiger partial charge in [0.05, 0.1) is 29.5 Å². The first kappa shape index (κ1) is 26.3. The van der Waals surface area contributed by atoms with Crippen LogP contribution in [-0.2, 0) is 11.0 Å². The van der Waals surface area contributed by atoms with E-state index in [1.54, 1.807) is 12.1 Å². The van der Waals surface area contributed by atoms with E-state index in [0.717, 1.165) is 17.7 Å². The molecule has 1 aromatic heterocycles. The number of benzene rings is 2. The van der Waals surface area contributed by atoms with E-state index in [9.17, 15) is 23.1 Å². The standard InChI is InChI=1S/C28H30F3NO3/c1-17(2)12-24(27(33)34)21-14-25(19-8-10-22(11-9-19)28(29,30)31)32-26(15-21)20-6-5-7-23(13-20)35-16-18(3)4/h5-11,13-15,17-18,24H,12,16H2,1-4H3,(H,33,34). The number of aliphatic carboxylic acids is 1. The van der Waals surface area contributed by atoms with Crippen LogP contribution in [-0.4, -0.2) is 22.7 Å². The zero-order valence-electron chi connectivity index (χ0n) is 20.3. The summed E-state index contributed by atoms with van der Waals surface area (Å²) in [6.45, 7) is 8.54. The zero-order chi connectivity index (χ0) is 25.8. The number of hydrogen-bond acceptors (Lipinski definition) is 3. The van der Waals surface area contributed by atoms with Gasteiger partial charge in [-0.3, -0.25) is 4.79 Å². The van der Waals surface area contributed by atoms with Crippen molar-refractivity contribution in [3.05, 3.63) is 71.8 Å². The molecule has 0 fully saturated rings. The largest absolute Gasteiger partial charge is 0.493 e. The minimum absolute atomic E-state index is 0.134. The molecule has 1 unspecified atom stereocenters. The molecule has 1 heterocycles. The van der Waals surface area contributed by atoms with Gasteiger partial charge in [0.15, 0.2) is 0 Å². The third kappa shape index (κ3) is 7.07. The molecule has 3 aromatic rings. The Kier molecular flexibility index (Phi) is 8.20. The normalized spacial score (nSPS) is 12.7. The summed E-state index contributed by atoms with van der Waals surface area (Å²) in [5, 5.41) is 9.93. The average molecular weight is 486 g/mol. The minimum Gasteiger partial charge on any atom is -0.493 e. The monoisotopic (exact) mass is 485 g/mol. The molecule has 2 aromatic carbocycles. The topological polar surface area (TPSA) is 59.4 Å². The van der Waals surface area contributed by atoms with Crippen LogP contribution in [0.15, 0.2) is 60.7 Å². The Balaban J connectivity index is 2.12. The summed E-state index contributed by atoms with van der Waals surface area (Å²) in [7, 11) is 0. The highest BCUT2D eigenvalue weighted by Gasteiger charge is 2.30. The van der Waals surface area contributed by atoms with E-state index in [0.29, 0.717) is 47.2 Å². The van der Waals surface area contributed by atoms with Gasteiger partial charge in [0, 0.05) is 11.1 Å². The van der Waals surface area contributed by atoms with Gasteiger partial charge in [-0.2, -0.15) is 13.2 Å². The summed E-state index contributed by atoms with van der Waals surface area (Å²) in [4.78, 5) is 16.8. The van der Waals surface area contributed by atoms with Crippen LogP contribution in [0.1, 0.15) is 51.2 Å². The lowest BCUT2D eigenvalue weighted by molar-refractivity contribution is -0.139. The fourth-order valence-corrected chi connectivity index (χ4v) is 3.74. The summed E-state index contributed by atoms with van der Waals surface area (Å²) in [5.41, 5.74) is 1.95. The molecule has 1 N–H and O–H groups in total. The quantitative estimate of drug-likeness (QED) is 0.338. The molecule has 0 radical (unpaired) electrons. The highest BCUT2D eigenvalue weighted by atomic mass is 19.4. The van der Waals surface area contributed by atoms with Gasteiger partial charge in [0.25, 0.3) is 0 Å². The lowest BCUT2D eigenvalue weighted by Gasteiger charge is -2.18. The van der Waals surface area contributed by atoms with Crippen LogP contribution in [0.5, 0.6) is 5.75 Å². The van der Waals surface area contributed by atoms with Gasteiger partial charge in [-0.15, -0.1) is 0 Å². The third-order valence-electron chi connectivity index (χ3n) is 5.48. The molecule has 0 bridgehead atoms. The fraction of sp³-hybridized carbons (Fsp3) is 0.357. The Bertz CT molecular complexity index is 1150. The summed E-state index contributed by atoms with van der Waals surface area (Å²) in [6.07, 6.45) is -4.02. The van der Waals surface area contributed by atoms with Crippen molar-refractivity contribution < 1.29 is 27.8 Å². The number of carboxylic acid groups (broad SMARTS) is 1. The van der Waals surface area contributed by atoms with Gasteiger partial charge in [0.2, 0.25) is 0 Å². The lowest BCUT2D eigenvalue weighted by Crippen LogP contribution is -2.14. The van der Waals surface area contributed by atoms with E-state index in [1.807, 2.05) is 52.0 Å². The van der Waals surface area contributed by atoms with Gasteiger partial charge < -0.3 is 9.84 Å². The number of carbonyl (C=O) groups is 1. The Hall–Kier alpha value is -3.35. The summed E-state index contributed by atoms with van der Waals surface area (Å²) < 4.78 is 45.0. The van der Waals surface area contributed by atoms with Crippen LogP contribution in [0.25, 0.3) is 22.5 Å². The lowest BCUT2D eigenvalue weighted by atomic mass is 9.89. The maximum Gasteiger partial charge on any atom is 0.416 e. The smallest absolute Gasteiger partial charge is 0.416 e. The number of nitrogens with zero attached hydrogens (tertiary/aromatic N) is 1. The first-order valence-corrected chi connectivity index (χ1v) is 11.6. The Morgan fingerprint density at radius 2 is 1.54 bits per heavy atom. The van der Waals surface area contributed by atoms with Gasteiger partial charge in [-0.05, 0) is 60.2 Å². The molecular formula is C28H30F3NO3. The van der Waals surface area contributed by atoms with E-state index < -0.39 is 23.6 Å². The molecule has 0 amide bonds. The van der Waals surface area contributed by atoms with Gasteiger partial charge >= 0.3 is 12.1 Å². The molecule has 0 aliphatic carbocycles.